The Morgan fingerprint density at radius 1 is 0.844 bits per heavy atom. The molecule has 0 aromatic carbocycles. The van der Waals surface area contributed by atoms with Crippen molar-refractivity contribution in [3.8, 4) is 0 Å². The molecule has 1 aliphatic rings. The van der Waals surface area contributed by atoms with Crippen LogP contribution in [0.1, 0.15) is 51.9 Å². The molecule has 0 aromatic heterocycles. The van der Waals surface area contributed by atoms with Gasteiger partial charge in [-0.25, -0.2) is 4.79 Å². The van der Waals surface area contributed by atoms with Crippen molar-refractivity contribution in [1.82, 2.24) is 5.32 Å². The fourth-order valence-electron chi connectivity index (χ4n) is 3.05. The topological polar surface area (TPSA) is 109 Å². The number of carbonyl (C=O) groups is 3. The standard InChI is InChI=1S/C22H39NO8S/c1-3-18(24)4-9-21(25)30-17-16-29-15-14-28-13-12-27-11-10-23-22(26)31-19-5-7-20(32-2)8-6-19/h19-20H,3-17H2,1-2H3,(H,23,26). The van der Waals surface area contributed by atoms with E-state index in [-0.39, 0.29) is 50.0 Å². The quantitative estimate of drug-likeness (QED) is 0.235. The fraction of sp³-hybridized carbons (Fsp3) is 0.864. The van der Waals surface area contributed by atoms with Gasteiger partial charge in [0.1, 0.15) is 18.5 Å². The molecular formula is C22H39NO8S. The molecule has 186 valence electrons. The lowest BCUT2D eigenvalue weighted by atomic mass is 9.97. The number of alkyl carbamates (subject to hydrolysis) is 1. The Morgan fingerprint density at radius 3 is 2.03 bits per heavy atom. The average molecular weight is 478 g/mol. The monoisotopic (exact) mass is 477 g/mol. The van der Waals surface area contributed by atoms with Crippen LogP contribution in [0.2, 0.25) is 0 Å². The number of hydrogen-bond donors (Lipinski definition) is 1. The van der Waals surface area contributed by atoms with Crippen LogP contribution in [0.25, 0.3) is 0 Å². The van der Waals surface area contributed by atoms with Crippen molar-refractivity contribution in [2.45, 2.75) is 63.2 Å². The van der Waals surface area contributed by atoms with Gasteiger partial charge in [0.2, 0.25) is 0 Å². The molecule has 1 N–H and O–H groups in total. The number of rotatable bonds is 18. The minimum Gasteiger partial charge on any atom is -0.463 e. The third-order valence-electron chi connectivity index (χ3n) is 4.98. The van der Waals surface area contributed by atoms with E-state index in [1.165, 1.54) is 0 Å². The van der Waals surface area contributed by atoms with Crippen LogP contribution < -0.4 is 5.32 Å². The van der Waals surface area contributed by atoms with Gasteiger partial charge in [0, 0.05) is 24.6 Å². The Balaban J connectivity index is 1.80. The molecule has 0 radical (unpaired) electrons. The molecule has 1 amide bonds. The number of hydrogen-bond acceptors (Lipinski definition) is 9. The molecule has 0 aliphatic heterocycles. The van der Waals surface area contributed by atoms with Crippen molar-refractivity contribution >= 4 is 29.6 Å². The summed E-state index contributed by atoms with van der Waals surface area (Å²) in [4.78, 5) is 34.3. The summed E-state index contributed by atoms with van der Waals surface area (Å²) in [6.45, 7) is 4.65. The number of thioether (sulfide) groups is 1. The molecule has 1 rings (SSSR count). The zero-order chi connectivity index (χ0) is 23.4. The van der Waals surface area contributed by atoms with Crippen LogP contribution in [0.15, 0.2) is 0 Å². The Kier molecular flexibility index (Phi) is 17.2. The third-order valence-corrected chi connectivity index (χ3v) is 6.12. The number of ether oxygens (including phenoxy) is 5. The highest BCUT2D eigenvalue weighted by Gasteiger charge is 2.23. The van der Waals surface area contributed by atoms with E-state index in [0.717, 1.165) is 25.7 Å². The van der Waals surface area contributed by atoms with Crippen LogP contribution in [0.3, 0.4) is 0 Å². The zero-order valence-corrected chi connectivity index (χ0v) is 20.3. The minimum absolute atomic E-state index is 0.0263. The molecule has 0 spiro atoms. The summed E-state index contributed by atoms with van der Waals surface area (Å²) in [6.07, 6.45) is 6.62. The second-order valence-corrected chi connectivity index (χ2v) is 8.55. The first-order valence-electron chi connectivity index (χ1n) is 11.4. The Bertz CT molecular complexity index is 526. The number of ketones is 1. The predicted octanol–water partition coefficient (Wildman–Crippen LogP) is 2.74. The van der Waals surface area contributed by atoms with Crippen LogP contribution in [-0.4, -0.2) is 88.2 Å². The summed E-state index contributed by atoms with van der Waals surface area (Å²) in [6, 6.07) is 0. The number of nitrogens with one attached hydrogen (secondary N) is 1. The molecule has 0 unspecified atom stereocenters. The van der Waals surface area contributed by atoms with Gasteiger partial charge in [-0.2, -0.15) is 11.8 Å². The van der Waals surface area contributed by atoms with Crippen molar-refractivity contribution in [3.05, 3.63) is 0 Å². The number of esters is 1. The van der Waals surface area contributed by atoms with Gasteiger partial charge in [0.05, 0.1) is 46.1 Å². The molecule has 1 aliphatic carbocycles. The molecule has 9 nitrogen and oxygen atoms in total. The van der Waals surface area contributed by atoms with Gasteiger partial charge in [-0.3, -0.25) is 9.59 Å². The molecule has 0 aromatic rings. The lowest BCUT2D eigenvalue weighted by molar-refractivity contribution is -0.146. The molecule has 0 bridgehead atoms. The highest BCUT2D eigenvalue weighted by molar-refractivity contribution is 7.99. The Labute approximate surface area is 195 Å². The van der Waals surface area contributed by atoms with Crippen molar-refractivity contribution in [1.29, 1.82) is 0 Å². The predicted molar refractivity (Wildman–Crippen MR) is 122 cm³/mol. The van der Waals surface area contributed by atoms with E-state index in [9.17, 15) is 14.4 Å². The average Bonchev–Trinajstić information content (AvgIpc) is 2.80. The van der Waals surface area contributed by atoms with Crippen LogP contribution in [0, 0.1) is 0 Å². The molecule has 0 atom stereocenters. The Hall–Kier alpha value is -1.36. The van der Waals surface area contributed by atoms with Crippen LogP contribution in [0.4, 0.5) is 4.79 Å². The van der Waals surface area contributed by atoms with Gasteiger partial charge in [-0.05, 0) is 31.9 Å². The maximum Gasteiger partial charge on any atom is 0.407 e. The molecular weight excluding hydrogens is 438 g/mol. The van der Waals surface area contributed by atoms with Crippen LogP contribution in [0.5, 0.6) is 0 Å². The molecule has 0 heterocycles. The van der Waals surface area contributed by atoms with E-state index in [1.807, 2.05) is 11.8 Å². The van der Waals surface area contributed by atoms with Gasteiger partial charge >= 0.3 is 12.1 Å². The smallest absolute Gasteiger partial charge is 0.407 e. The number of Topliss-reactive ketones (excluding diaryl/α,β-unsaturated/α-hetero) is 1. The lowest BCUT2D eigenvalue weighted by Gasteiger charge is -2.27. The maximum atomic E-state index is 11.8. The van der Waals surface area contributed by atoms with E-state index in [0.29, 0.717) is 51.2 Å². The number of amides is 1. The van der Waals surface area contributed by atoms with E-state index in [4.69, 9.17) is 23.7 Å². The third kappa shape index (κ3) is 15.4. The van der Waals surface area contributed by atoms with Crippen molar-refractivity contribution in [3.63, 3.8) is 0 Å². The number of carbonyl (C=O) groups excluding carboxylic acids is 3. The highest BCUT2D eigenvalue weighted by Crippen LogP contribution is 2.28. The van der Waals surface area contributed by atoms with Gasteiger partial charge < -0.3 is 29.0 Å². The first kappa shape index (κ1) is 28.7. The molecule has 32 heavy (non-hydrogen) atoms. The SMILES string of the molecule is CCC(=O)CCC(=O)OCCOCCOCCOCCNC(=O)OC1CCC(SC)CC1. The van der Waals surface area contributed by atoms with E-state index >= 15 is 0 Å². The van der Waals surface area contributed by atoms with Gasteiger partial charge in [-0.15, -0.1) is 0 Å². The Morgan fingerprint density at radius 2 is 1.44 bits per heavy atom. The van der Waals surface area contributed by atoms with Crippen molar-refractivity contribution < 1.29 is 38.1 Å². The summed E-state index contributed by atoms with van der Waals surface area (Å²) in [5.74, 6) is -0.331. The van der Waals surface area contributed by atoms with E-state index < -0.39 is 0 Å². The molecule has 10 heteroatoms. The zero-order valence-electron chi connectivity index (χ0n) is 19.4. The summed E-state index contributed by atoms with van der Waals surface area (Å²) < 4.78 is 26.5. The summed E-state index contributed by atoms with van der Waals surface area (Å²) in [7, 11) is 0. The van der Waals surface area contributed by atoms with Gasteiger partial charge in [-0.1, -0.05) is 6.92 Å². The summed E-state index contributed by atoms with van der Waals surface area (Å²) in [5, 5.41) is 3.40. The van der Waals surface area contributed by atoms with Crippen LogP contribution >= 0.6 is 11.8 Å². The molecule has 0 saturated heterocycles. The fourth-order valence-corrected chi connectivity index (χ4v) is 3.79. The minimum atomic E-state index is -0.384. The first-order chi connectivity index (χ1) is 15.5. The first-order valence-corrected chi connectivity index (χ1v) is 12.7. The van der Waals surface area contributed by atoms with E-state index in [1.54, 1.807) is 6.92 Å². The highest BCUT2D eigenvalue weighted by atomic mass is 32.2. The van der Waals surface area contributed by atoms with Crippen LogP contribution in [-0.2, 0) is 33.3 Å². The molecule has 1 saturated carbocycles. The maximum absolute atomic E-state index is 11.8. The largest absolute Gasteiger partial charge is 0.463 e. The normalized spacial score (nSPS) is 18.2. The second kappa shape index (κ2) is 19.1. The summed E-state index contributed by atoms with van der Waals surface area (Å²) in [5.41, 5.74) is 0. The van der Waals surface area contributed by atoms with Crippen molar-refractivity contribution in [2.75, 3.05) is 59.0 Å². The lowest BCUT2D eigenvalue weighted by Crippen LogP contribution is -2.33. The van der Waals surface area contributed by atoms with Gasteiger partial charge in [0.15, 0.2) is 0 Å². The second-order valence-electron chi connectivity index (χ2n) is 7.42. The summed E-state index contributed by atoms with van der Waals surface area (Å²) >= 11 is 1.89. The van der Waals surface area contributed by atoms with Crippen molar-refractivity contribution in [2.24, 2.45) is 0 Å². The molecule has 1 fully saturated rings. The van der Waals surface area contributed by atoms with Gasteiger partial charge in [0.25, 0.3) is 0 Å². The van der Waals surface area contributed by atoms with E-state index in [2.05, 4.69) is 11.6 Å².